The van der Waals surface area contributed by atoms with Gasteiger partial charge in [-0.3, -0.25) is 9.59 Å². The zero-order valence-electron chi connectivity index (χ0n) is 9.32. The lowest BCUT2D eigenvalue weighted by atomic mass is 10.1. The maximum atomic E-state index is 11.6. The first kappa shape index (κ1) is 11.4. The molecule has 0 bridgehead atoms. The molecule has 1 unspecified atom stereocenters. The van der Waals surface area contributed by atoms with Crippen molar-refractivity contribution >= 4 is 11.8 Å². The molecule has 1 saturated carbocycles. The lowest BCUT2D eigenvalue weighted by Crippen LogP contribution is -2.34. The number of nitrogens with zero attached hydrogens (tertiary/aromatic N) is 1. The van der Waals surface area contributed by atoms with Crippen molar-refractivity contribution in [3.8, 4) is 0 Å². The molecule has 2 aliphatic rings. The van der Waals surface area contributed by atoms with Gasteiger partial charge in [-0.1, -0.05) is 0 Å². The first-order chi connectivity index (χ1) is 7.70. The van der Waals surface area contributed by atoms with Crippen molar-refractivity contribution in [3.05, 3.63) is 0 Å². The molecule has 2 amide bonds. The van der Waals surface area contributed by atoms with Gasteiger partial charge in [-0.05, 0) is 18.8 Å². The predicted octanol–water partition coefficient (Wildman–Crippen LogP) is -0.647. The van der Waals surface area contributed by atoms with Crippen molar-refractivity contribution in [3.63, 3.8) is 0 Å². The molecule has 0 radical (unpaired) electrons. The molecule has 1 saturated heterocycles. The average molecular weight is 226 g/mol. The van der Waals surface area contributed by atoms with Crippen LogP contribution in [0.2, 0.25) is 0 Å². The number of nitrogens with one attached hydrogen (secondary N) is 1. The molecular formula is C11H18N2O3. The molecule has 1 heterocycles. The summed E-state index contributed by atoms with van der Waals surface area (Å²) in [6, 6.07) is 0. The van der Waals surface area contributed by atoms with Crippen LogP contribution in [0.15, 0.2) is 0 Å². The third-order valence-electron chi connectivity index (χ3n) is 3.17. The number of aliphatic hydroxyl groups is 1. The molecule has 5 heteroatoms. The van der Waals surface area contributed by atoms with Crippen LogP contribution in [0.4, 0.5) is 0 Å². The Balaban J connectivity index is 1.79. The van der Waals surface area contributed by atoms with Crippen molar-refractivity contribution in [2.45, 2.75) is 19.3 Å². The summed E-state index contributed by atoms with van der Waals surface area (Å²) < 4.78 is 0. The Hall–Kier alpha value is -1.10. The molecule has 2 rings (SSSR count). The molecule has 16 heavy (non-hydrogen) atoms. The van der Waals surface area contributed by atoms with Gasteiger partial charge in [0.05, 0.1) is 12.5 Å². The number of hydrogen-bond donors (Lipinski definition) is 2. The minimum atomic E-state index is -0.224. The van der Waals surface area contributed by atoms with E-state index < -0.39 is 0 Å². The van der Waals surface area contributed by atoms with Gasteiger partial charge < -0.3 is 15.3 Å². The average Bonchev–Trinajstić information content (AvgIpc) is 3.00. The van der Waals surface area contributed by atoms with Gasteiger partial charge in [-0.15, -0.1) is 0 Å². The number of rotatable bonds is 5. The largest absolute Gasteiger partial charge is 0.395 e. The SMILES string of the molecule is O=C(NCCO)C1CC(=O)N(CC2CC2)C1. The molecule has 2 N–H and O–H groups in total. The summed E-state index contributed by atoms with van der Waals surface area (Å²) in [7, 11) is 0. The van der Waals surface area contributed by atoms with Crippen LogP contribution in [0.25, 0.3) is 0 Å². The second-order valence-electron chi connectivity index (χ2n) is 4.66. The van der Waals surface area contributed by atoms with Gasteiger partial charge in [0.2, 0.25) is 11.8 Å². The summed E-state index contributed by atoms with van der Waals surface area (Å²) in [6.07, 6.45) is 2.75. The van der Waals surface area contributed by atoms with E-state index in [1.54, 1.807) is 4.90 Å². The van der Waals surface area contributed by atoms with Gasteiger partial charge in [0.25, 0.3) is 0 Å². The smallest absolute Gasteiger partial charge is 0.225 e. The predicted molar refractivity (Wildman–Crippen MR) is 57.5 cm³/mol. The van der Waals surface area contributed by atoms with Gasteiger partial charge in [-0.25, -0.2) is 0 Å². The van der Waals surface area contributed by atoms with Crippen LogP contribution < -0.4 is 5.32 Å². The van der Waals surface area contributed by atoms with Crippen LogP contribution in [-0.4, -0.2) is 48.1 Å². The van der Waals surface area contributed by atoms with Crippen LogP contribution in [0.1, 0.15) is 19.3 Å². The molecule has 0 spiro atoms. The fraction of sp³-hybridized carbons (Fsp3) is 0.818. The highest BCUT2D eigenvalue weighted by Crippen LogP contribution is 2.31. The van der Waals surface area contributed by atoms with Crippen LogP contribution in [0.5, 0.6) is 0 Å². The highest BCUT2D eigenvalue weighted by atomic mass is 16.3. The molecule has 1 aliphatic heterocycles. The van der Waals surface area contributed by atoms with Gasteiger partial charge in [0.15, 0.2) is 0 Å². The minimum absolute atomic E-state index is 0.0573. The van der Waals surface area contributed by atoms with Crippen LogP contribution in [-0.2, 0) is 9.59 Å². The summed E-state index contributed by atoms with van der Waals surface area (Å²) >= 11 is 0. The van der Waals surface area contributed by atoms with Gasteiger partial charge in [-0.2, -0.15) is 0 Å². The van der Waals surface area contributed by atoms with Gasteiger partial charge >= 0.3 is 0 Å². The molecule has 2 fully saturated rings. The molecule has 1 aliphatic carbocycles. The van der Waals surface area contributed by atoms with Gasteiger partial charge in [0, 0.05) is 26.1 Å². The Morgan fingerprint density at radius 2 is 2.25 bits per heavy atom. The number of carbonyl (C=O) groups excluding carboxylic acids is 2. The number of aliphatic hydroxyl groups excluding tert-OH is 1. The number of hydrogen-bond acceptors (Lipinski definition) is 3. The van der Waals surface area contributed by atoms with Crippen LogP contribution in [0.3, 0.4) is 0 Å². The zero-order chi connectivity index (χ0) is 11.5. The van der Waals surface area contributed by atoms with E-state index in [0.29, 0.717) is 18.9 Å². The summed E-state index contributed by atoms with van der Waals surface area (Å²) in [5, 5.41) is 11.2. The maximum Gasteiger partial charge on any atom is 0.225 e. The van der Waals surface area contributed by atoms with E-state index in [2.05, 4.69) is 5.32 Å². The lowest BCUT2D eigenvalue weighted by molar-refractivity contribution is -0.129. The molecule has 0 aromatic rings. The molecule has 5 nitrogen and oxygen atoms in total. The first-order valence-corrected chi connectivity index (χ1v) is 5.87. The summed E-state index contributed by atoms with van der Waals surface area (Å²) in [6.45, 7) is 1.58. The molecular weight excluding hydrogens is 208 g/mol. The molecule has 0 aromatic carbocycles. The Bertz CT molecular complexity index is 289. The lowest BCUT2D eigenvalue weighted by Gasteiger charge is -2.15. The van der Waals surface area contributed by atoms with Gasteiger partial charge in [0.1, 0.15) is 0 Å². The maximum absolute atomic E-state index is 11.6. The monoisotopic (exact) mass is 226 g/mol. The minimum Gasteiger partial charge on any atom is -0.395 e. The third-order valence-corrected chi connectivity index (χ3v) is 3.17. The Labute approximate surface area is 94.8 Å². The second kappa shape index (κ2) is 4.82. The number of likely N-dealkylation sites (tertiary alicyclic amines) is 1. The standard InChI is InChI=1S/C11H18N2O3/c14-4-3-12-11(16)9-5-10(15)13(7-9)6-8-1-2-8/h8-9,14H,1-7H2,(H,12,16). The Morgan fingerprint density at radius 3 is 2.88 bits per heavy atom. The number of carbonyl (C=O) groups is 2. The van der Waals surface area contributed by atoms with E-state index in [0.717, 1.165) is 6.54 Å². The van der Waals surface area contributed by atoms with E-state index in [4.69, 9.17) is 5.11 Å². The Kier molecular flexibility index (Phi) is 3.43. The van der Waals surface area contributed by atoms with E-state index >= 15 is 0 Å². The molecule has 1 atom stereocenters. The van der Waals surface area contributed by atoms with Crippen molar-refractivity contribution < 1.29 is 14.7 Å². The zero-order valence-corrected chi connectivity index (χ0v) is 9.32. The molecule has 0 aromatic heterocycles. The number of amides is 2. The van der Waals surface area contributed by atoms with E-state index in [1.165, 1.54) is 12.8 Å². The summed E-state index contributed by atoms with van der Waals surface area (Å²) in [5.41, 5.74) is 0. The normalized spacial score (nSPS) is 24.9. The fourth-order valence-corrected chi connectivity index (χ4v) is 2.06. The van der Waals surface area contributed by atoms with E-state index in [1.807, 2.05) is 0 Å². The quantitative estimate of drug-likeness (QED) is 0.654. The third kappa shape index (κ3) is 2.72. The van der Waals surface area contributed by atoms with Crippen molar-refractivity contribution in [2.24, 2.45) is 11.8 Å². The van der Waals surface area contributed by atoms with Crippen molar-refractivity contribution in [2.75, 3.05) is 26.2 Å². The molecule has 90 valence electrons. The van der Waals surface area contributed by atoms with Crippen LogP contribution in [0, 0.1) is 11.8 Å². The van der Waals surface area contributed by atoms with Crippen LogP contribution >= 0.6 is 0 Å². The van der Waals surface area contributed by atoms with E-state index in [-0.39, 0.29) is 30.9 Å². The van der Waals surface area contributed by atoms with Crippen molar-refractivity contribution in [1.82, 2.24) is 10.2 Å². The fourth-order valence-electron chi connectivity index (χ4n) is 2.06. The second-order valence-corrected chi connectivity index (χ2v) is 4.66. The van der Waals surface area contributed by atoms with Crippen molar-refractivity contribution in [1.29, 1.82) is 0 Å². The highest BCUT2D eigenvalue weighted by Gasteiger charge is 2.36. The first-order valence-electron chi connectivity index (χ1n) is 5.87. The Morgan fingerprint density at radius 1 is 1.50 bits per heavy atom. The summed E-state index contributed by atoms with van der Waals surface area (Å²) in [4.78, 5) is 25.0. The highest BCUT2D eigenvalue weighted by molar-refractivity contribution is 5.89. The topological polar surface area (TPSA) is 69.6 Å². The van der Waals surface area contributed by atoms with E-state index in [9.17, 15) is 9.59 Å². The summed E-state index contributed by atoms with van der Waals surface area (Å²) in [5.74, 6) is 0.428.